The average Bonchev–Trinajstić information content (AvgIpc) is 1.88. The van der Waals surface area contributed by atoms with Crippen LogP contribution >= 0.6 is 18.1 Å². The van der Waals surface area contributed by atoms with Gasteiger partial charge in [-0.25, -0.2) is 0 Å². The van der Waals surface area contributed by atoms with E-state index in [9.17, 15) is 0 Å². The Hall–Kier alpha value is 0.566. The van der Waals surface area contributed by atoms with Crippen LogP contribution in [0.3, 0.4) is 0 Å². The Kier molecular flexibility index (Phi) is 7.60. The molecule has 0 atom stereocenters. The van der Waals surface area contributed by atoms with Gasteiger partial charge in [0.05, 0.1) is 0 Å². The van der Waals surface area contributed by atoms with Crippen molar-refractivity contribution < 1.29 is 0 Å². The maximum absolute atomic E-state index is 4.90. The molecule has 0 saturated carbocycles. The van der Waals surface area contributed by atoms with Gasteiger partial charge in [-0.2, -0.15) is 0 Å². The van der Waals surface area contributed by atoms with E-state index in [-0.39, 0.29) is 0 Å². The van der Waals surface area contributed by atoms with Gasteiger partial charge in [-0.05, 0) is 19.4 Å². The third-order valence-electron chi connectivity index (χ3n) is 1.08. The first-order valence-electron chi connectivity index (χ1n) is 3.21. The van der Waals surface area contributed by atoms with Crippen LogP contribution in [0.4, 0.5) is 0 Å². The highest BCUT2D eigenvalue weighted by Gasteiger charge is 1.80. The van der Waals surface area contributed by atoms with Crippen molar-refractivity contribution in [3.8, 4) is 0 Å². The van der Waals surface area contributed by atoms with E-state index in [1.165, 1.54) is 5.56 Å². The minimum Gasteiger partial charge on any atom is -0.309 e. The monoisotopic (exact) mass is 199 g/mol. The Morgan fingerprint density at radius 2 is 1.91 bits per heavy atom. The standard InChI is InChI=1S/C8H9.2ClH.Mg/c1-7-4-3-5-8(2)6-7;;;/h3-6H,1H2,2H3;2*1H;/q;;;+2/p-2. The fraction of sp³-hybridized carbons (Fsp3) is 0.125. The summed E-state index contributed by atoms with van der Waals surface area (Å²) in [5.41, 5.74) is 2.36. The molecule has 0 N–H and O–H groups in total. The van der Waals surface area contributed by atoms with Gasteiger partial charge in [0.25, 0.3) is 0 Å². The third-order valence-corrected chi connectivity index (χ3v) is 1.08. The Labute approximate surface area is 85.2 Å². The number of rotatable bonds is 0. The summed E-state index contributed by atoms with van der Waals surface area (Å²) in [6, 6.07) is 8.12. The van der Waals surface area contributed by atoms with E-state index in [0.717, 1.165) is 5.56 Å². The summed E-state index contributed by atoms with van der Waals surface area (Å²) in [6.07, 6.45) is 0. The number of aryl methyl sites for hydroxylation is 1. The van der Waals surface area contributed by atoms with E-state index in [1.54, 1.807) is 0 Å². The van der Waals surface area contributed by atoms with Crippen molar-refractivity contribution >= 4 is 36.3 Å². The maximum atomic E-state index is 4.90. The van der Waals surface area contributed by atoms with Crippen LogP contribution < -0.4 is 0 Å². The summed E-state index contributed by atoms with van der Waals surface area (Å²) in [5, 5.41) is 0. The number of halogens is 2. The van der Waals surface area contributed by atoms with E-state index in [4.69, 9.17) is 18.1 Å². The van der Waals surface area contributed by atoms with Crippen molar-refractivity contribution in [2.75, 3.05) is 0 Å². The summed E-state index contributed by atoms with van der Waals surface area (Å²) >= 11 is -0.639. The summed E-state index contributed by atoms with van der Waals surface area (Å²) < 4.78 is 0. The highest BCUT2D eigenvalue weighted by Crippen LogP contribution is 2.00. The highest BCUT2D eigenvalue weighted by atomic mass is 35.6. The lowest BCUT2D eigenvalue weighted by Crippen LogP contribution is -1.71. The van der Waals surface area contributed by atoms with E-state index in [1.807, 2.05) is 12.1 Å². The van der Waals surface area contributed by atoms with Gasteiger partial charge in [0.1, 0.15) is 0 Å². The second kappa shape index (κ2) is 7.23. The second-order valence-electron chi connectivity index (χ2n) is 2.09. The van der Waals surface area contributed by atoms with Crippen molar-refractivity contribution in [1.29, 1.82) is 0 Å². The van der Waals surface area contributed by atoms with Crippen LogP contribution in [-0.4, -0.2) is 18.2 Å². The van der Waals surface area contributed by atoms with Gasteiger partial charge in [-0.3, -0.25) is 0 Å². The lowest BCUT2D eigenvalue weighted by Gasteiger charge is -1.90. The largest absolute Gasteiger partial charge is 0.618 e. The Bertz CT molecular complexity index is 184. The molecular weight excluding hydrogens is 191 g/mol. The molecule has 0 unspecified atom stereocenters. The first-order chi connectivity index (χ1) is 5.20. The molecule has 0 aliphatic rings. The first kappa shape index (κ1) is 11.6. The summed E-state index contributed by atoms with van der Waals surface area (Å²) in [4.78, 5) is 0. The van der Waals surface area contributed by atoms with Crippen molar-refractivity contribution in [3.63, 3.8) is 0 Å². The normalized spacial score (nSPS) is 7.64. The fourth-order valence-electron chi connectivity index (χ4n) is 0.712. The molecule has 0 nitrogen and oxygen atoms in total. The highest BCUT2D eigenvalue weighted by molar-refractivity contribution is 7.22. The summed E-state index contributed by atoms with van der Waals surface area (Å²) in [5.74, 6) is 0. The lowest BCUT2D eigenvalue weighted by molar-refractivity contribution is 1.44. The second-order valence-corrected chi connectivity index (χ2v) is 4.72. The number of hydrogen-bond donors (Lipinski definition) is 0. The van der Waals surface area contributed by atoms with Crippen LogP contribution in [0.1, 0.15) is 11.1 Å². The number of hydrogen-bond acceptors (Lipinski definition) is 0. The molecule has 1 aromatic carbocycles. The molecule has 1 rings (SSSR count). The fourth-order valence-corrected chi connectivity index (χ4v) is 0.712. The van der Waals surface area contributed by atoms with Crippen molar-refractivity contribution in [2.45, 2.75) is 6.92 Å². The van der Waals surface area contributed by atoms with Crippen LogP contribution in [0.25, 0.3) is 0 Å². The smallest absolute Gasteiger partial charge is 0.309 e. The van der Waals surface area contributed by atoms with E-state index in [2.05, 4.69) is 26.0 Å². The van der Waals surface area contributed by atoms with E-state index < -0.39 is 18.2 Å². The van der Waals surface area contributed by atoms with Gasteiger partial charge < -0.3 is 18.1 Å². The molecule has 11 heavy (non-hydrogen) atoms. The summed E-state index contributed by atoms with van der Waals surface area (Å²) in [7, 11) is 9.81. The Morgan fingerprint density at radius 3 is 2.18 bits per heavy atom. The van der Waals surface area contributed by atoms with Gasteiger partial charge in [0.2, 0.25) is 0 Å². The molecule has 0 amide bonds. The molecule has 0 aliphatic carbocycles. The van der Waals surface area contributed by atoms with Crippen LogP contribution in [0.15, 0.2) is 24.3 Å². The first-order valence-corrected chi connectivity index (χ1v) is 7.49. The molecule has 0 bridgehead atoms. The van der Waals surface area contributed by atoms with E-state index in [0.29, 0.717) is 0 Å². The predicted molar refractivity (Wildman–Crippen MR) is 53.1 cm³/mol. The molecule has 0 aromatic heterocycles. The lowest BCUT2D eigenvalue weighted by atomic mass is 10.2. The molecule has 3 heteroatoms. The SMILES string of the molecule is [CH2]c1cccc(C)c1.[Cl][Mg][Cl]. The molecular formula is C8H9Cl2Mg. The molecule has 0 fully saturated rings. The zero-order chi connectivity index (χ0) is 8.69. The van der Waals surface area contributed by atoms with Gasteiger partial charge in [0, 0.05) is 0 Å². The summed E-state index contributed by atoms with van der Waals surface area (Å²) in [6.45, 7) is 5.85. The zero-order valence-corrected chi connectivity index (χ0v) is 9.41. The van der Waals surface area contributed by atoms with Crippen molar-refractivity contribution in [3.05, 3.63) is 42.3 Å². The molecule has 57 valence electrons. The Balaban J connectivity index is 0.000000292. The minimum atomic E-state index is -0.639. The quantitative estimate of drug-likeness (QED) is 0.564. The van der Waals surface area contributed by atoms with Crippen molar-refractivity contribution in [2.24, 2.45) is 0 Å². The van der Waals surface area contributed by atoms with Gasteiger partial charge >= 0.3 is 18.2 Å². The predicted octanol–water partition coefficient (Wildman–Crippen LogP) is 3.18. The molecule has 0 saturated heterocycles. The minimum absolute atomic E-state index is 0.639. The maximum Gasteiger partial charge on any atom is 0.618 e. The van der Waals surface area contributed by atoms with Crippen molar-refractivity contribution in [1.82, 2.24) is 0 Å². The van der Waals surface area contributed by atoms with Gasteiger partial charge in [-0.1, -0.05) is 29.8 Å². The Morgan fingerprint density at radius 1 is 1.36 bits per heavy atom. The molecule has 1 aromatic rings. The zero-order valence-electron chi connectivity index (χ0n) is 6.48. The van der Waals surface area contributed by atoms with Gasteiger partial charge in [-0.15, -0.1) is 0 Å². The van der Waals surface area contributed by atoms with Crippen LogP contribution in [0, 0.1) is 13.8 Å². The average molecular weight is 200 g/mol. The topological polar surface area (TPSA) is 0 Å². The van der Waals surface area contributed by atoms with Crippen LogP contribution in [-0.2, 0) is 0 Å². The van der Waals surface area contributed by atoms with Gasteiger partial charge in [0.15, 0.2) is 0 Å². The molecule has 0 heterocycles. The molecule has 0 spiro atoms. The molecule has 0 aliphatic heterocycles. The molecule has 1 radical (unpaired) electrons. The number of benzene rings is 1. The van der Waals surface area contributed by atoms with Crippen LogP contribution in [0.5, 0.6) is 0 Å². The van der Waals surface area contributed by atoms with Crippen LogP contribution in [0.2, 0.25) is 0 Å². The van der Waals surface area contributed by atoms with E-state index >= 15 is 0 Å². The third kappa shape index (κ3) is 6.94.